The number of nitrogens with one attached hydrogen (secondary N) is 1. The second-order valence-electron chi connectivity index (χ2n) is 9.81. The first-order valence-corrected chi connectivity index (χ1v) is 14.4. The van der Waals surface area contributed by atoms with Crippen molar-refractivity contribution in [3.63, 3.8) is 0 Å². The van der Waals surface area contributed by atoms with Gasteiger partial charge in [-0.3, -0.25) is 4.79 Å². The molecule has 4 aromatic rings. The molecule has 1 aromatic heterocycles. The molecule has 1 heterocycles. The molecule has 1 unspecified atom stereocenters. The van der Waals surface area contributed by atoms with Gasteiger partial charge in [0.1, 0.15) is 10.7 Å². The minimum absolute atomic E-state index is 0.0494. The fraction of sp³-hybridized carbons (Fsp3) is 0.250. The van der Waals surface area contributed by atoms with E-state index in [-0.39, 0.29) is 34.2 Å². The fourth-order valence-electron chi connectivity index (χ4n) is 4.56. The first kappa shape index (κ1) is 29.1. The van der Waals surface area contributed by atoms with E-state index in [9.17, 15) is 26.4 Å². The summed E-state index contributed by atoms with van der Waals surface area (Å²) in [5.41, 5.74) is 1.09. The van der Waals surface area contributed by atoms with Crippen molar-refractivity contribution in [1.29, 1.82) is 0 Å². The van der Waals surface area contributed by atoms with Crippen molar-refractivity contribution in [1.82, 2.24) is 10.2 Å². The zero-order valence-corrected chi connectivity index (χ0v) is 23.7. The largest absolute Gasteiger partial charge is 0.420 e. The average Bonchev–Trinajstić information content (AvgIpc) is 3.53. The number of aromatic nitrogens is 2. The number of hydrogen-bond acceptors (Lipinski definition) is 6. The Hall–Kier alpha value is -3.41. The molecule has 1 atom stereocenters. The van der Waals surface area contributed by atoms with Crippen LogP contribution in [0.3, 0.4) is 0 Å². The molecule has 0 spiro atoms. The summed E-state index contributed by atoms with van der Waals surface area (Å²) in [6, 6.07) is 14.3. The first-order chi connectivity index (χ1) is 19.4. The Bertz CT molecular complexity index is 1650. The van der Waals surface area contributed by atoms with Crippen molar-refractivity contribution in [2.45, 2.75) is 43.0 Å². The number of nitrogens with zero attached hydrogens (tertiary/aromatic N) is 2. The van der Waals surface area contributed by atoms with E-state index in [2.05, 4.69) is 15.5 Å². The molecular weight excluding hydrogens is 602 g/mol. The molecule has 1 fully saturated rings. The Morgan fingerprint density at radius 1 is 1.02 bits per heavy atom. The molecule has 0 bridgehead atoms. The van der Waals surface area contributed by atoms with E-state index in [1.165, 1.54) is 12.1 Å². The lowest BCUT2D eigenvalue weighted by Gasteiger charge is -2.17. The third kappa shape index (κ3) is 6.12. The van der Waals surface area contributed by atoms with Gasteiger partial charge in [0.05, 0.1) is 22.6 Å². The molecular formula is C28H22Cl2F3N3O4S. The van der Waals surface area contributed by atoms with E-state index >= 15 is 0 Å². The molecule has 1 saturated carbocycles. The molecule has 1 amide bonds. The maximum absolute atomic E-state index is 12.9. The molecule has 1 aliphatic rings. The van der Waals surface area contributed by atoms with Crippen LogP contribution in [-0.4, -0.2) is 24.5 Å². The van der Waals surface area contributed by atoms with Crippen LogP contribution in [0.15, 0.2) is 65.1 Å². The highest BCUT2D eigenvalue weighted by Gasteiger charge is 2.53. The highest BCUT2D eigenvalue weighted by atomic mass is 35.5. The average molecular weight is 624 g/mol. The van der Waals surface area contributed by atoms with Gasteiger partial charge in [-0.05, 0) is 67.3 Å². The van der Waals surface area contributed by atoms with Gasteiger partial charge >= 0.3 is 6.18 Å². The SMILES string of the molecule is CC(c1ccc(CC(=O)Nc2cc(Cl)c(C3(c4nnc(-c5ccc(C(F)(F)F)cc5)o4)CC3)c(Cl)c2)cc1)[SH](=O)=O. The monoisotopic (exact) mass is 623 g/mol. The summed E-state index contributed by atoms with van der Waals surface area (Å²) in [6.07, 6.45) is -3.18. The number of carbonyl (C=O) groups excluding carboxylic acids is 1. The van der Waals surface area contributed by atoms with Gasteiger partial charge in [-0.15, -0.1) is 10.2 Å². The fourth-order valence-corrected chi connectivity index (χ4v) is 5.82. The first-order valence-electron chi connectivity index (χ1n) is 12.4. The zero-order chi connectivity index (χ0) is 29.5. The van der Waals surface area contributed by atoms with Crippen LogP contribution in [0, 0.1) is 0 Å². The minimum atomic E-state index is -4.46. The summed E-state index contributed by atoms with van der Waals surface area (Å²) in [4.78, 5) is 12.7. The number of alkyl halides is 3. The Balaban J connectivity index is 1.31. The molecule has 0 saturated heterocycles. The minimum Gasteiger partial charge on any atom is -0.420 e. The van der Waals surface area contributed by atoms with E-state index in [4.69, 9.17) is 27.6 Å². The normalized spacial score (nSPS) is 15.1. The molecule has 0 radical (unpaired) electrons. The number of carbonyl (C=O) groups is 1. The lowest BCUT2D eigenvalue weighted by atomic mass is 9.95. The van der Waals surface area contributed by atoms with E-state index in [0.29, 0.717) is 40.8 Å². The quantitative estimate of drug-likeness (QED) is 0.205. The van der Waals surface area contributed by atoms with Crippen LogP contribution in [0.1, 0.15) is 53.2 Å². The third-order valence-corrected chi connectivity index (χ3v) is 8.52. The van der Waals surface area contributed by atoms with E-state index in [1.54, 1.807) is 43.3 Å². The van der Waals surface area contributed by atoms with Crippen molar-refractivity contribution >= 4 is 45.5 Å². The lowest BCUT2D eigenvalue weighted by Crippen LogP contribution is -2.16. The van der Waals surface area contributed by atoms with Crippen molar-refractivity contribution in [2.75, 3.05) is 5.32 Å². The summed E-state index contributed by atoms with van der Waals surface area (Å²) in [7, 11) is -2.59. The van der Waals surface area contributed by atoms with E-state index in [1.807, 2.05) is 0 Å². The maximum atomic E-state index is 12.9. The number of amides is 1. The second-order valence-corrected chi connectivity index (χ2v) is 12.0. The Morgan fingerprint density at radius 2 is 1.63 bits per heavy atom. The lowest BCUT2D eigenvalue weighted by molar-refractivity contribution is -0.137. The van der Waals surface area contributed by atoms with Crippen LogP contribution >= 0.6 is 23.2 Å². The number of thiol groups is 1. The van der Waals surface area contributed by atoms with Gasteiger partial charge in [-0.2, -0.15) is 13.2 Å². The molecule has 5 rings (SSSR count). The molecule has 1 aliphatic carbocycles. The highest BCUT2D eigenvalue weighted by molar-refractivity contribution is 7.72. The Kier molecular flexibility index (Phi) is 7.88. The number of rotatable bonds is 8. The van der Waals surface area contributed by atoms with Crippen LogP contribution in [0.5, 0.6) is 0 Å². The second kappa shape index (κ2) is 11.1. The van der Waals surface area contributed by atoms with Crippen molar-refractivity contribution in [3.05, 3.63) is 98.9 Å². The number of anilines is 1. The Morgan fingerprint density at radius 3 is 2.17 bits per heavy atom. The molecule has 0 aliphatic heterocycles. The summed E-state index contributed by atoms with van der Waals surface area (Å²) in [5.74, 6) is -0.00691. The molecule has 13 heteroatoms. The third-order valence-electron chi connectivity index (χ3n) is 6.99. The molecule has 7 nitrogen and oxygen atoms in total. The summed E-state index contributed by atoms with van der Waals surface area (Å²) < 4.78 is 66.9. The predicted molar refractivity (Wildman–Crippen MR) is 149 cm³/mol. The molecule has 1 N–H and O–H groups in total. The highest BCUT2D eigenvalue weighted by Crippen LogP contribution is 2.57. The standard InChI is InChI=1S/C28H22Cl2F3N3O4S/c1-15(41(38)39)17-4-2-16(3-5-17)12-23(37)34-20-13-21(29)24(22(30)14-20)27(10-11-27)26-36-35-25(40-26)18-6-8-19(9-7-18)28(31,32)33/h2-9,13-15,41H,10-12H2,1H3,(H,34,37). The predicted octanol–water partition coefficient (Wildman–Crippen LogP) is 7.00. The van der Waals surface area contributed by atoms with Crippen LogP contribution in [0.4, 0.5) is 18.9 Å². The van der Waals surface area contributed by atoms with Crippen LogP contribution < -0.4 is 5.32 Å². The van der Waals surface area contributed by atoms with Crippen molar-refractivity contribution < 1.29 is 30.8 Å². The van der Waals surface area contributed by atoms with Gasteiger partial charge in [0.2, 0.25) is 17.7 Å². The molecule has 214 valence electrons. The van der Waals surface area contributed by atoms with Crippen LogP contribution in [0.25, 0.3) is 11.5 Å². The van der Waals surface area contributed by atoms with Gasteiger partial charge in [-0.25, -0.2) is 8.42 Å². The topological polar surface area (TPSA) is 102 Å². The van der Waals surface area contributed by atoms with Gasteiger partial charge in [-0.1, -0.05) is 47.5 Å². The van der Waals surface area contributed by atoms with Crippen molar-refractivity contribution in [2.24, 2.45) is 0 Å². The van der Waals surface area contributed by atoms with Gasteiger partial charge in [0.15, 0.2) is 0 Å². The van der Waals surface area contributed by atoms with Crippen LogP contribution in [-0.2, 0) is 33.5 Å². The number of hydrogen-bond donors (Lipinski definition) is 2. The number of benzene rings is 3. The summed E-state index contributed by atoms with van der Waals surface area (Å²) in [6.45, 7) is 1.59. The number of halogens is 5. The smallest absolute Gasteiger partial charge is 0.416 e. The summed E-state index contributed by atoms with van der Waals surface area (Å²) >= 11 is 13.3. The van der Waals surface area contributed by atoms with Gasteiger partial charge < -0.3 is 9.73 Å². The van der Waals surface area contributed by atoms with Gasteiger partial charge in [0, 0.05) is 26.9 Å². The van der Waals surface area contributed by atoms with Crippen LogP contribution in [0.2, 0.25) is 10.0 Å². The van der Waals surface area contributed by atoms with Gasteiger partial charge in [0.25, 0.3) is 0 Å². The molecule has 3 aromatic carbocycles. The maximum Gasteiger partial charge on any atom is 0.416 e. The molecule has 41 heavy (non-hydrogen) atoms. The summed E-state index contributed by atoms with van der Waals surface area (Å²) in [5, 5.41) is 10.9. The van der Waals surface area contributed by atoms with Crippen molar-refractivity contribution in [3.8, 4) is 11.5 Å². The van der Waals surface area contributed by atoms with E-state index < -0.39 is 33.1 Å². The zero-order valence-electron chi connectivity index (χ0n) is 21.3. The Labute approximate surface area is 244 Å². The van der Waals surface area contributed by atoms with E-state index in [0.717, 1.165) is 12.1 Å².